The predicted molar refractivity (Wildman–Crippen MR) is 87.6 cm³/mol. The fraction of sp³-hybridized carbons (Fsp3) is 0.375. The highest BCUT2D eigenvalue weighted by atomic mass is 35.5. The third-order valence-corrected chi connectivity index (χ3v) is 3.63. The van der Waals surface area contributed by atoms with E-state index in [0.717, 1.165) is 0 Å². The number of hydrogen-bond acceptors (Lipinski definition) is 3. The summed E-state index contributed by atoms with van der Waals surface area (Å²) in [7, 11) is 0. The fourth-order valence-corrected chi connectivity index (χ4v) is 2.50. The van der Waals surface area contributed by atoms with E-state index in [9.17, 15) is 13.6 Å². The highest BCUT2D eigenvalue weighted by Crippen LogP contribution is 2.37. The number of rotatable bonds is 7. The number of ether oxygens (including phenoxy) is 1. The summed E-state index contributed by atoms with van der Waals surface area (Å²) in [4.78, 5) is 13.7. The second kappa shape index (κ2) is 8.10. The van der Waals surface area contributed by atoms with Crippen molar-refractivity contribution in [3.63, 3.8) is 0 Å². The Kier molecular flexibility index (Phi) is 6.14. The Bertz CT molecular complexity index is 678. The number of carbonyl (C=O) groups excluding carboxylic acids is 1. The summed E-state index contributed by atoms with van der Waals surface area (Å²) in [6.07, 6.45) is 3.23. The van der Waals surface area contributed by atoms with E-state index in [1.54, 1.807) is 30.6 Å². The molecule has 24 heavy (non-hydrogen) atoms. The van der Waals surface area contributed by atoms with Gasteiger partial charge in [0.25, 0.3) is 0 Å². The molecule has 5 nitrogen and oxygen atoms in total. The number of nitrogens with zero attached hydrogens (tertiary/aromatic N) is 3. The van der Waals surface area contributed by atoms with Gasteiger partial charge in [-0.2, -0.15) is 13.9 Å². The lowest BCUT2D eigenvalue weighted by Crippen LogP contribution is -2.35. The number of amides is 1. The minimum atomic E-state index is -3.00. The van der Waals surface area contributed by atoms with Gasteiger partial charge in [-0.1, -0.05) is 26.0 Å². The molecule has 0 saturated heterocycles. The van der Waals surface area contributed by atoms with E-state index in [0.29, 0.717) is 5.56 Å². The first-order chi connectivity index (χ1) is 11.4. The summed E-state index contributed by atoms with van der Waals surface area (Å²) < 4.78 is 31.7. The molecule has 130 valence electrons. The zero-order valence-corrected chi connectivity index (χ0v) is 14.1. The summed E-state index contributed by atoms with van der Waals surface area (Å²) in [5, 5.41) is 4.05. The molecule has 2 aromatic rings. The van der Waals surface area contributed by atoms with Crippen LogP contribution in [-0.2, 0) is 11.5 Å². The maximum atomic E-state index is 12.8. The molecular weight excluding hydrogens is 340 g/mol. The van der Waals surface area contributed by atoms with Gasteiger partial charge >= 0.3 is 6.61 Å². The van der Waals surface area contributed by atoms with Crippen molar-refractivity contribution in [2.45, 2.75) is 33.0 Å². The van der Waals surface area contributed by atoms with Gasteiger partial charge in [0, 0.05) is 12.4 Å². The second-order valence-corrected chi connectivity index (χ2v) is 5.64. The number of halogens is 3. The van der Waals surface area contributed by atoms with Crippen LogP contribution < -0.4 is 9.64 Å². The number of alkyl halides is 3. The number of hydrogen-bond donors (Lipinski definition) is 0. The molecule has 8 heteroatoms. The maximum Gasteiger partial charge on any atom is 0.387 e. The highest BCUT2D eigenvalue weighted by Gasteiger charge is 2.25. The Hall–Kier alpha value is -2.15. The lowest BCUT2D eigenvalue weighted by molar-refractivity contribution is -0.116. The van der Waals surface area contributed by atoms with Crippen molar-refractivity contribution in [2.75, 3.05) is 10.8 Å². The van der Waals surface area contributed by atoms with E-state index in [1.165, 1.54) is 15.6 Å². The molecule has 0 aliphatic rings. The van der Waals surface area contributed by atoms with Gasteiger partial charge in [-0.15, -0.1) is 11.6 Å². The van der Waals surface area contributed by atoms with E-state index >= 15 is 0 Å². The van der Waals surface area contributed by atoms with Gasteiger partial charge in [0.15, 0.2) is 0 Å². The van der Waals surface area contributed by atoms with Crippen LogP contribution in [0.3, 0.4) is 0 Å². The predicted octanol–water partition coefficient (Wildman–Crippen LogP) is 3.84. The van der Waals surface area contributed by atoms with E-state index in [1.807, 2.05) is 13.8 Å². The summed E-state index contributed by atoms with van der Waals surface area (Å²) in [6, 6.07) is 6.50. The normalized spacial score (nSPS) is 11.1. The smallest absolute Gasteiger partial charge is 0.387 e. The molecule has 1 amide bonds. The molecule has 2 rings (SSSR count). The van der Waals surface area contributed by atoms with E-state index in [-0.39, 0.29) is 29.9 Å². The molecule has 0 spiro atoms. The Morgan fingerprint density at radius 3 is 2.67 bits per heavy atom. The van der Waals surface area contributed by atoms with Crippen molar-refractivity contribution in [3.8, 4) is 5.75 Å². The molecule has 0 radical (unpaired) electrons. The quantitative estimate of drug-likeness (QED) is 0.707. The first kappa shape index (κ1) is 18.2. The van der Waals surface area contributed by atoms with Crippen LogP contribution in [0.25, 0.3) is 0 Å². The molecule has 0 aliphatic heterocycles. The summed E-state index contributed by atoms with van der Waals surface area (Å²) in [6.45, 7) is 0.857. The van der Waals surface area contributed by atoms with Gasteiger partial charge in [-0.3, -0.25) is 14.4 Å². The molecule has 0 bridgehead atoms. The Morgan fingerprint density at radius 1 is 1.38 bits per heavy atom. The Balaban J connectivity index is 2.55. The summed E-state index contributed by atoms with van der Waals surface area (Å²) in [5.74, 6) is -0.798. The molecule has 0 saturated carbocycles. The lowest BCUT2D eigenvalue weighted by Gasteiger charge is -2.28. The van der Waals surface area contributed by atoms with Gasteiger partial charge in [0.2, 0.25) is 5.91 Å². The topological polar surface area (TPSA) is 47.4 Å². The Morgan fingerprint density at radius 2 is 2.12 bits per heavy atom. The minimum absolute atomic E-state index is 0.00975. The average molecular weight is 358 g/mol. The molecule has 0 atom stereocenters. The van der Waals surface area contributed by atoms with Crippen molar-refractivity contribution in [3.05, 3.63) is 42.2 Å². The van der Waals surface area contributed by atoms with Crippen LogP contribution in [0.1, 0.15) is 25.3 Å². The van der Waals surface area contributed by atoms with Crippen LogP contribution in [0.15, 0.2) is 36.7 Å². The molecule has 1 aromatic carbocycles. The van der Waals surface area contributed by atoms with Gasteiger partial charge < -0.3 is 4.74 Å². The molecule has 1 heterocycles. The number of carbonyl (C=O) groups is 1. The molecule has 0 N–H and O–H groups in total. The second-order valence-electron chi connectivity index (χ2n) is 5.37. The molecule has 0 aliphatic carbocycles. The van der Waals surface area contributed by atoms with E-state index in [4.69, 9.17) is 11.6 Å². The lowest BCUT2D eigenvalue weighted by atomic mass is 9.99. The van der Waals surface area contributed by atoms with Crippen molar-refractivity contribution < 1.29 is 18.3 Å². The fourth-order valence-electron chi connectivity index (χ4n) is 2.36. The van der Waals surface area contributed by atoms with Crippen LogP contribution in [0.4, 0.5) is 14.5 Å². The molecule has 1 aromatic heterocycles. The SMILES string of the molecule is CC(C)c1cccc(OC(F)F)c1N(Cn1cccn1)C(=O)CCl. The zero-order chi connectivity index (χ0) is 17.7. The minimum Gasteiger partial charge on any atom is -0.433 e. The van der Waals surface area contributed by atoms with Crippen LogP contribution in [0.5, 0.6) is 5.75 Å². The van der Waals surface area contributed by atoms with Gasteiger partial charge in [0.05, 0.1) is 5.69 Å². The van der Waals surface area contributed by atoms with Crippen molar-refractivity contribution in [1.82, 2.24) is 9.78 Å². The number of benzene rings is 1. The van der Waals surface area contributed by atoms with Gasteiger partial charge in [0.1, 0.15) is 18.3 Å². The third-order valence-electron chi connectivity index (χ3n) is 3.40. The van der Waals surface area contributed by atoms with Crippen molar-refractivity contribution >= 4 is 23.2 Å². The zero-order valence-electron chi connectivity index (χ0n) is 13.3. The summed E-state index contributed by atoms with van der Waals surface area (Å²) >= 11 is 5.72. The van der Waals surface area contributed by atoms with Gasteiger partial charge in [-0.25, -0.2) is 0 Å². The van der Waals surface area contributed by atoms with E-state index in [2.05, 4.69) is 9.84 Å². The standard InChI is InChI=1S/C16H18ClF2N3O2/c1-11(2)12-5-3-6-13(24-16(18)19)15(12)22(14(23)9-17)10-21-8-4-7-20-21/h3-8,11,16H,9-10H2,1-2H3. The van der Waals surface area contributed by atoms with Crippen molar-refractivity contribution in [2.24, 2.45) is 0 Å². The average Bonchev–Trinajstić information content (AvgIpc) is 3.04. The molecule has 0 unspecified atom stereocenters. The number of para-hydroxylation sites is 1. The number of anilines is 1. The van der Waals surface area contributed by atoms with Gasteiger partial charge in [-0.05, 0) is 23.6 Å². The van der Waals surface area contributed by atoms with E-state index < -0.39 is 12.5 Å². The summed E-state index contributed by atoms with van der Waals surface area (Å²) in [5.41, 5.74) is 0.993. The maximum absolute atomic E-state index is 12.8. The largest absolute Gasteiger partial charge is 0.433 e. The van der Waals surface area contributed by atoms with Crippen molar-refractivity contribution in [1.29, 1.82) is 0 Å². The first-order valence-electron chi connectivity index (χ1n) is 7.35. The number of aromatic nitrogens is 2. The third kappa shape index (κ3) is 4.23. The monoisotopic (exact) mass is 357 g/mol. The first-order valence-corrected chi connectivity index (χ1v) is 7.89. The highest BCUT2D eigenvalue weighted by molar-refractivity contribution is 6.29. The van der Waals surface area contributed by atoms with Crippen LogP contribution in [-0.4, -0.2) is 28.2 Å². The molecule has 0 fully saturated rings. The van der Waals surface area contributed by atoms with Crippen LogP contribution in [0.2, 0.25) is 0 Å². The van der Waals surface area contributed by atoms with Crippen LogP contribution >= 0.6 is 11.6 Å². The van der Waals surface area contributed by atoms with Crippen LogP contribution in [0, 0.1) is 0 Å². The molecular formula is C16H18ClF2N3O2. The Labute approximate surface area is 143 Å².